The Kier molecular flexibility index (Phi) is 7.57. The highest BCUT2D eigenvalue weighted by molar-refractivity contribution is 6.02. The zero-order valence-corrected chi connectivity index (χ0v) is 23.9. The number of rotatable bonds is 10. The molecule has 5 rings (SSSR count). The van der Waals surface area contributed by atoms with E-state index < -0.39 is 0 Å². The third-order valence-electron chi connectivity index (χ3n) is 7.68. The summed E-state index contributed by atoms with van der Waals surface area (Å²) in [6.07, 6.45) is 6.20. The average molecular weight is 544 g/mol. The van der Waals surface area contributed by atoms with Crippen molar-refractivity contribution < 1.29 is 9.53 Å². The van der Waals surface area contributed by atoms with Gasteiger partial charge in [-0.25, -0.2) is 9.97 Å². The summed E-state index contributed by atoms with van der Waals surface area (Å²) in [4.78, 5) is 37.2. The van der Waals surface area contributed by atoms with Gasteiger partial charge in [-0.05, 0) is 58.1 Å². The van der Waals surface area contributed by atoms with Gasteiger partial charge < -0.3 is 30.1 Å². The van der Waals surface area contributed by atoms with Crippen LogP contribution < -0.4 is 25.2 Å². The monoisotopic (exact) mass is 543 g/mol. The molecule has 1 aromatic carbocycles. The van der Waals surface area contributed by atoms with Gasteiger partial charge in [0.15, 0.2) is 0 Å². The number of aromatic nitrogens is 4. The van der Waals surface area contributed by atoms with Crippen molar-refractivity contribution in [3.8, 4) is 5.75 Å². The van der Waals surface area contributed by atoms with E-state index in [9.17, 15) is 4.79 Å². The molecule has 210 valence electrons. The first-order chi connectivity index (χ1) is 19.2. The summed E-state index contributed by atoms with van der Waals surface area (Å²) in [5, 5.41) is 6.21. The normalized spacial score (nSPS) is 15.0. The predicted octanol–water partition coefficient (Wildman–Crippen LogP) is 4.02. The van der Waals surface area contributed by atoms with Crippen LogP contribution in [0, 0.1) is 6.92 Å². The molecule has 40 heavy (non-hydrogen) atoms. The first kappa shape index (κ1) is 27.3. The fraction of sp³-hybridized carbons (Fsp3) is 0.414. The van der Waals surface area contributed by atoms with Crippen LogP contribution in [0.15, 0.2) is 43.2 Å². The number of ether oxygens (including phenoxy) is 1. The van der Waals surface area contributed by atoms with E-state index in [0.29, 0.717) is 29.0 Å². The van der Waals surface area contributed by atoms with Gasteiger partial charge in [-0.1, -0.05) is 13.0 Å². The minimum Gasteiger partial charge on any atom is -0.494 e. The van der Waals surface area contributed by atoms with Gasteiger partial charge in [0.2, 0.25) is 17.8 Å². The standard InChI is InChI=1S/C29H37N9O2/c1-7-25(39)33-20-15-21(24(40-6)16-23(20)37(5)14-13-36(3)4)34-27-30-18-31-28(35-27)38-17-29(11-8-12-29)26-22(38)10-9-19(2)32-26/h7,9-10,15-16,18H,1,8,11-14,17H2,2-6H3,(H,33,39)(H,30,31,34,35). The molecule has 1 amide bonds. The van der Waals surface area contributed by atoms with Gasteiger partial charge in [0.25, 0.3) is 0 Å². The number of nitrogens with one attached hydrogen (secondary N) is 2. The number of aryl methyl sites for hydroxylation is 1. The highest BCUT2D eigenvalue weighted by Gasteiger charge is 2.49. The van der Waals surface area contributed by atoms with Gasteiger partial charge in [0.1, 0.15) is 12.1 Å². The van der Waals surface area contributed by atoms with E-state index in [4.69, 9.17) is 14.7 Å². The van der Waals surface area contributed by atoms with Crippen molar-refractivity contribution in [1.29, 1.82) is 0 Å². The Balaban J connectivity index is 1.46. The van der Waals surface area contributed by atoms with E-state index in [1.54, 1.807) is 7.11 Å². The van der Waals surface area contributed by atoms with Crippen molar-refractivity contribution in [3.63, 3.8) is 0 Å². The molecule has 1 aliphatic heterocycles. The van der Waals surface area contributed by atoms with Crippen LogP contribution in [0.5, 0.6) is 5.75 Å². The zero-order chi connectivity index (χ0) is 28.4. The van der Waals surface area contributed by atoms with Crippen LogP contribution in [-0.4, -0.2) is 78.6 Å². The van der Waals surface area contributed by atoms with Crippen molar-refractivity contribution in [3.05, 3.63) is 54.6 Å². The quantitative estimate of drug-likeness (QED) is 0.364. The number of hydrogen-bond acceptors (Lipinski definition) is 10. The van der Waals surface area contributed by atoms with Crippen LogP contribution in [-0.2, 0) is 10.2 Å². The third kappa shape index (κ3) is 5.29. The smallest absolute Gasteiger partial charge is 0.247 e. The van der Waals surface area contributed by atoms with E-state index in [1.165, 1.54) is 18.8 Å². The SMILES string of the molecule is C=CC(=O)Nc1cc(Nc2ncnc(N3CC4(CCC4)c4nc(C)ccc43)n2)c(OC)cc1N(C)CCN(C)C. The number of fused-ring (bicyclic) bond motifs is 2. The maximum absolute atomic E-state index is 12.3. The number of likely N-dealkylation sites (N-methyl/N-ethyl adjacent to an activating group) is 2. The molecule has 1 fully saturated rings. The Hall–Kier alpha value is -4.25. The lowest BCUT2D eigenvalue weighted by molar-refractivity contribution is -0.111. The largest absolute Gasteiger partial charge is 0.494 e. The van der Waals surface area contributed by atoms with Crippen LogP contribution in [0.1, 0.15) is 30.7 Å². The minimum atomic E-state index is -0.303. The van der Waals surface area contributed by atoms with Crippen molar-refractivity contribution in [1.82, 2.24) is 24.8 Å². The molecule has 2 aromatic heterocycles. The molecule has 1 spiro atoms. The molecule has 3 heterocycles. The van der Waals surface area contributed by atoms with E-state index >= 15 is 0 Å². The van der Waals surface area contributed by atoms with Crippen LogP contribution in [0.25, 0.3) is 0 Å². The topological polar surface area (TPSA) is 112 Å². The molecule has 0 unspecified atom stereocenters. The summed E-state index contributed by atoms with van der Waals surface area (Å²) in [7, 11) is 7.63. The summed E-state index contributed by atoms with van der Waals surface area (Å²) in [5.41, 5.74) is 5.33. The lowest BCUT2D eigenvalue weighted by Crippen LogP contribution is -2.39. The van der Waals surface area contributed by atoms with Gasteiger partial charge in [-0.2, -0.15) is 4.98 Å². The highest BCUT2D eigenvalue weighted by atomic mass is 16.5. The van der Waals surface area contributed by atoms with Crippen molar-refractivity contribution >= 4 is 40.6 Å². The molecule has 1 aliphatic carbocycles. The molecule has 11 nitrogen and oxygen atoms in total. The Bertz CT molecular complexity index is 1420. The number of methoxy groups -OCH3 is 1. The number of carbonyl (C=O) groups excluding carboxylic acids is 1. The summed E-state index contributed by atoms with van der Waals surface area (Å²) < 4.78 is 5.74. The van der Waals surface area contributed by atoms with E-state index in [-0.39, 0.29) is 11.3 Å². The number of hydrogen-bond donors (Lipinski definition) is 2. The first-order valence-corrected chi connectivity index (χ1v) is 13.5. The Morgan fingerprint density at radius 3 is 2.62 bits per heavy atom. The Morgan fingerprint density at radius 1 is 1.15 bits per heavy atom. The number of pyridine rings is 1. The van der Waals surface area contributed by atoms with Gasteiger partial charge >= 0.3 is 0 Å². The molecule has 2 aliphatic rings. The Morgan fingerprint density at radius 2 is 1.95 bits per heavy atom. The molecule has 11 heteroatoms. The van der Waals surface area contributed by atoms with Gasteiger partial charge in [0, 0.05) is 43.9 Å². The van der Waals surface area contributed by atoms with E-state index in [1.807, 2.05) is 46.3 Å². The summed E-state index contributed by atoms with van der Waals surface area (Å²) in [6.45, 7) is 8.03. The molecule has 0 saturated heterocycles. The minimum absolute atomic E-state index is 0.0670. The van der Waals surface area contributed by atoms with Crippen LogP contribution in [0.4, 0.5) is 34.6 Å². The number of amides is 1. The molecule has 1 saturated carbocycles. The highest BCUT2D eigenvalue weighted by Crippen LogP contribution is 2.53. The molecule has 0 atom stereocenters. The zero-order valence-electron chi connectivity index (χ0n) is 23.9. The fourth-order valence-corrected chi connectivity index (χ4v) is 5.30. The van der Waals surface area contributed by atoms with Crippen LogP contribution in [0.3, 0.4) is 0 Å². The lowest BCUT2D eigenvalue weighted by Gasteiger charge is -2.38. The van der Waals surface area contributed by atoms with Crippen molar-refractivity contribution in [2.75, 3.05) is 68.3 Å². The first-order valence-electron chi connectivity index (χ1n) is 13.5. The fourth-order valence-electron chi connectivity index (χ4n) is 5.30. The van der Waals surface area contributed by atoms with Crippen LogP contribution in [0.2, 0.25) is 0 Å². The maximum atomic E-state index is 12.3. The molecule has 3 aromatic rings. The molecule has 2 N–H and O–H groups in total. The summed E-state index contributed by atoms with van der Waals surface area (Å²) in [5.74, 6) is 1.22. The van der Waals surface area contributed by atoms with Gasteiger partial charge in [-0.15, -0.1) is 0 Å². The van der Waals surface area contributed by atoms with Crippen molar-refractivity contribution in [2.24, 2.45) is 0 Å². The number of nitrogens with zero attached hydrogens (tertiary/aromatic N) is 7. The van der Waals surface area contributed by atoms with E-state index in [0.717, 1.165) is 55.2 Å². The predicted molar refractivity (Wildman–Crippen MR) is 158 cm³/mol. The molecular formula is C29H37N9O2. The molecular weight excluding hydrogens is 506 g/mol. The second-order valence-corrected chi connectivity index (χ2v) is 10.8. The summed E-state index contributed by atoms with van der Waals surface area (Å²) in [6, 6.07) is 7.87. The van der Waals surface area contributed by atoms with Gasteiger partial charge in [0.05, 0.1) is 35.6 Å². The summed E-state index contributed by atoms with van der Waals surface area (Å²) >= 11 is 0. The molecule has 0 radical (unpaired) electrons. The lowest BCUT2D eigenvalue weighted by atomic mass is 9.67. The maximum Gasteiger partial charge on any atom is 0.247 e. The third-order valence-corrected chi connectivity index (χ3v) is 7.68. The second kappa shape index (κ2) is 11.1. The van der Waals surface area contributed by atoms with E-state index in [2.05, 4.69) is 47.9 Å². The van der Waals surface area contributed by atoms with Crippen molar-refractivity contribution in [2.45, 2.75) is 31.6 Å². The average Bonchev–Trinajstić information content (AvgIpc) is 3.27. The number of carbonyl (C=O) groups is 1. The van der Waals surface area contributed by atoms with Crippen LogP contribution >= 0.6 is 0 Å². The van der Waals surface area contributed by atoms with Gasteiger partial charge in [-0.3, -0.25) is 9.78 Å². The molecule has 0 bridgehead atoms. The Labute approximate surface area is 235 Å². The second-order valence-electron chi connectivity index (χ2n) is 10.8. The number of anilines is 6. The number of benzene rings is 1.